The molecule has 1 amide bonds. The molecule has 1 N–H and O–H groups in total. The maximum Gasteiger partial charge on any atom is 0.230 e. The van der Waals surface area contributed by atoms with Crippen molar-refractivity contribution in [3.63, 3.8) is 0 Å². The van der Waals surface area contributed by atoms with Crippen LogP contribution in [0.15, 0.2) is 53.9 Å². The van der Waals surface area contributed by atoms with E-state index in [0.29, 0.717) is 5.13 Å². The summed E-state index contributed by atoms with van der Waals surface area (Å²) in [6.07, 6.45) is 0. The summed E-state index contributed by atoms with van der Waals surface area (Å²) >= 11 is 1.48. The van der Waals surface area contributed by atoms with Crippen molar-refractivity contribution in [1.82, 2.24) is 4.98 Å². The summed E-state index contributed by atoms with van der Waals surface area (Å²) in [6, 6.07) is 15.5. The highest BCUT2D eigenvalue weighted by Crippen LogP contribution is 2.30. The number of carbonyl (C=O) groups is 1. The van der Waals surface area contributed by atoms with Crippen LogP contribution in [0.4, 0.5) is 10.8 Å². The Bertz CT molecular complexity index is 959. The predicted molar refractivity (Wildman–Crippen MR) is 115 cm³/mol. The zero-order valence-corrected chi connectivity index (χ0v) is 18.0. The number of hydrogen-bond donors (Lipinski definition) is 1. The Morgan fingerprint density at radius 1 is 1.07 bits per heavy atom. The van der Waals surface area contributed by atoms with E-state index in [2.05, 4.69) is 7.05 Å². The van der Waals surface area contributed by atoms with E-state index in [4.69, 9.17) is 14.5 Å². The lowest BCUT2D eigenvalue weighted by Crippen LogP contribution is -3.06. The first-order valence-corrected chi connectivity index (χ1v) is 10.2. The first kappa shape index (κ1) is 20.8. The Kier molecular flexibility index (Phi) is 6.85. The van der Waals surface area contributed by atoms with E-state index >= 15 is 0 Å². The number of quaternary nitrogens is 1. The number of methoxy groups -OCH3 is 2. The van der Waals surface area contributed by atoms with Crippen molar-refractivity contribution in [2.45, 2.75) is 20.0 Å². The number of aromatic nitrogens is 1. The van der Waals surface area contributed by atoms with Gasteiger partial charge in [-0.25, -0.2) is 4.98 Å². The molecule has 7 heteroatoms. The van der Waals surface area contributed by atoms with Crippen LogP contribution < -0.4 is 19.3 Å². The lowest BCUT2D eigenvalue weighted by molar-refractivity contribution is -0.908. The molecule has 29 heavy (non-hydrogen) atoms. The minimum Gasteiger partial charge on any atom is -0.493 e. The maximum atomic E-state index is 12.2. The van der Waals surface area contributed by atoms with Crippen LogP contribution in [-0.2, 0) is 17.9 Å². The largest absolute Gasteiger partial charge is 0.493 e. The molecule has 0 spiro atoms. The minimum atomic E-state index is -0.0566. The summed E-state index contributed by atoms with van der Waals surface area (Å²) in [7, 11) is 5.41. The van der Waals surface area contributed by atoms with Crippen LogP contribution in [0.2, 0.25) is 0 Å². The van der Waals surface area contributed by atoms with Gasteiger partial charge >= 0.3 is 0 Å². The fraction of sp³-hybridized carbons (Fsp3) is 0.273. The topological polar surface area (TPSA) is 56.1 Å². The van der Waals surface area contributed by atoms with Gasteiger partial charge in [0.05, 0.1) is 32.5 Å². The van der Waals surface area contributed by atoms with Gasteiger partial charge in [-0.15, -0.1) is 11.3 Å². The third-order valence-corrected chi connectivity index (χ3v) is 5.39. The SMILES string of the molecule is COc1cccc(C[NH+](C)Cc2csc(N(C(C)=O)c3ccccc3)n2)c1OC. The molecule has 1 atom stereocenters. The van der Waals surface area contributed by atoms with E-state index < -0.39 is 0 Å². The van der Waals surface area contributed by atoms with Crippen LogP contribution in [-0.4, -0.2) is 32.2 Å². The number of carbonyl (C=O) groups excluding carboxylic acids is 1. The average molecular weight is 413 g/mol. The normalized spacial score (nSPS) is 11.7. The molecular formula is C22H26N3O3S+. The molecule has 152 valence electrons. The number of para-hydroxylation sites is 2. The number of nitrogens with one attached hydrogen (secondary N) is 1. The van der Waals surface area contributed by atoms with Gasteiger partial charge in [-0.05, 0) is 24.3 Å². The van der Waals surface area contributed by atoms with E-state index in [9.17, 15) is 4.79 Å². The number of rotatable bonds is 8. The number of nitrogens with zero attached hydrogens (tertiary/aromatic N) is 2. The second kappa shape index (κ2) is 9.54. The van der Waals surface area contributed by atoms with Gasteiger partial charge in [-0.2, -0.15) is 0 Å². The third kappa shape index (κ3) is 4.93. The number of ether oxygens (including phenoxy) is 2. The van der Waals surface area contributed by atoms with Gasteiger partial charge in [0, 0.05) is 12.3 Å². The number of thiazole rings is 1. The quantitative estimate of drug-likeness (QED) is 0.618. The van der Waals surface area contributed by atoms with Crippen molar-refractivity contribution in [2.24, 2.45) is 0 Å². The van der Waals surface area contributed by atoms with Crippen LogP contribution in [0.1, 0.15) is 18.2 Å². The summed E-state index contributed by atoms with van der Waals surface area (Å²) in [6.45, 7) is 3.06. The molecule has 1 unspecified atom stereocenters. The van der Waals surface area contributed by atoms with Gasteiger partial charge in [0.25, 0.3) is 0 Å². The summed E-state index contributed by atoms with van der Waals surface area (Å²) < 4.78 is 10.9. The van der Waals surface area contributed by atoms with E-state index in [1.54, 1.807) is 26.0 Å². The van der Waals surface area contributed by atoms with Gasteiger partial charge in [0.2, 0.25) is 5.91 Å². The molecule has 3 aromatic rings. The van der Waals surface area contributed by atoms with Crippen LogP contribution >= 0.6 is 11.3 Å². The molecule has 0 aliphatic heterocycles. The highest BCUT2D eigenvalue weighted by molar-refractivity contribution is 7.14. The van der Waals surface area contributed by atoms with Gasteiger partial charge in [0.1, 0.15) is 18.8 Å². The highest BCUT2D eigenvalue weighted by Gasteiger charge is 2.19. The van der Waals surface area contributed by atoms with E-state index in [1.165, 1.54) is 16.2 Å². The fourth-order valence-electron chi connectivity index (χ4n) is 3.27. The monoisotopic (exact) mass is 412 g/mol. The molecule has 6 nitrogen and oxygen atoms in total. The standard InChI is InChI=1S/C22H25N3O3S/c1-16(26)25(19-10-6-5-7-11-19)22-23-18(15-29-22)14-24(2)13-17-9-8-12-20(27-3)21(17)28-4/h5-12,15H,13-14H2,1-4H3/p+1. The van der Waals surface area contributed by atoms with Crippen molar-refractivity contribution in [2.75, 3.05) is 26.2 Å². The molecule has 1 heterocycles. The van der Waals surface area contributed by atoms with E-state index in [-0.39, 0.29) is 5.91 Å². The molecule has 0 aliphatic rings. The lowest BCUT2D eigenvalue weighted by Gasteiger charge is -2.18. The molecule has 0 saturated heterocycles. The Morgan fingerprint density at radius 2 is 1.83 bits per heavy atom. The number of amides is 1. The molecule has 0 aliphatic carbocycles. The van der Waals surface area contributed by atoms with E-state index in [1.807, 2.05) is 53.9 Å². The summed E-state index contributed by atoms with van der Waals surface area (Å²) in [5.41, 5.74) is 2.85. The van der Waals surface area contributed by atoms with E-state index in [0.717, 1.165) is 41.5 Å². The fourth-order valence-corrected chi connectivity index (χ4v) is 4.16. The molecule has 1 aromatic heterocycles. The molecule has 0 radical (unpaired) electrons. The van der Waals surface area contributed by atoms with Gasteiger partial charge in [0.15, 0.2) is 16.6 Å². The second-order valence-corrected chi connectivity index (χ2v) is 7.61. The van der Waals surface area contributed by atoms with Crippen LogP contribution in [0, 0.1) is 0 Å². The highest BCUT2D eigenvalue weighted by atomic mass is 32.1. The molecule has 0 saturated carbocycles. The molecule has 0 bridgehead atoms. The average Bonchev–Trinajstić information content (AvgIpc) is 3.15. The third-order valence-electron chi connectivity index (χ3n) is 4.52. The Morgan fingerprint density at radius 3 is 2.48 bits per heavy atom. The van der Waals surface area contributed by atoms with Crippen LogP contribution in [0.3, 0.4) is 0 Å². The van der Waals surface area contributed by atoms with Crippen molar-refractivity contribution < 1.29 is 19.2 Å². The number of hydrogen-bond acceptors (Lipinski definition) is 5. The maximum absolute atomic E-state index is 12.2. The molecule has 3 rings (SSSR count). The molecular weight excluding hydrogens is 386 g/mol. The second-order valence-electron chi connectivity index (χ2n) is 6.77. The van der Waals surface area contributed by atoms with Crippen molar-refractivity contribution in [1.29, 1.82) is 0 Å². The van der Waals surface area contributed by atoms with Crippen molar-refractivity contribution >= 4 is 28.1 Å². The first-order valence-electron chi connectivity index (χ1n) is 9.34. The van der Waals surface area contributed by atoms with Gasteiger partial charge < -0.3 is 14.4 Å². The van der Waals surface area contributed by atoms with Crippen LogP contribution in [0.25, 0.3) is 0 Å². The number of anilines is 2. The Labute approximate surface area is 175 Å². The van der Waals surface area contributed by atoms with Crippen LogP contribution in [0.5, 0.6) is 11.5 Å². The zero-order valence-electron chi connectivity index (χ0n) is 17.1. The van der Waals surface area contributed by atoms with Gasteiger partial charge in [-0.3, -0.25) is 9.69 Å². The Balaban J connectivity index is 1.74. The first-order chi connectivity index (χ1) is 14.0. The van der Waals surface area contributed by atoms with Gasteiger partial charge in [-0.1, -0.05) is 24.3 Å². The molecule has 2 aromatic carbocycles. The lowest BCUT2D eigenvalue weighted by atomic mass is 10.1. The Hall–Kier alpha value is -2.90. The predicted octanol–water partition coefficient (Wildman–Crippen LogP) is 3.06. The van der Waals surface area contributed by atoms with Crippen molar-refractivity contribution in [3.05, 3.63) is 65.2 Å². The summed E-state index contributed by atoms with van der Waals surface area (Å²) in [5, 5.41) is 2.70. The number of benzene rings is 2. The minimum absolute atomic E-state index is 0.0566. The smallest absolute Gasteiger partial charge is 0.230 e. The summed E-state index contributed by atoms with van der Waals surface area (Å²) in [5.74, 6) is 1.44. The van der Waals surface area contributed by atoms with Crippen molar-refractivity contribution in [3.8, 4) is 11.5 Å². The summed E-state index contributed by atoms with van der Waals surface area (Å²) in [4.78, 5) is 19.8. The molecule has 0 fully saturated rings. The zero-order chi connectivity index (χ0) is 20.8.